The molecule has 2 aromatic carbocycles. The first-order valence-corrected chi connectivity index (χ1v) is 9.56. The number of rotatable bonds is 5. The summed E-state index contributed by atoms with van der Waals surface area (Å²) in [6, 6.07) is 17.4. The second kappa shape index (κ2) is 7.69. The molecule has 0 N–H and O–H groups in total. The number of anilines is 1. The van der Waals surface area contributed by atoms with Gasteiger partial charge in [-0.15, -0.1) is 0 Å². The summed E-state index contributed by atoms with van der Waals surface area (Å²) in [5.41, 5.74) is 3.93. The van der Waals surface area contributed by atoms with E-state index in [-0.39, 0.29) is 5.57 Å². The number of allylic oxidation sites excluding steroid dienone is 1. The predicted molar refractivity (Wildman–Crippen MR) is 113 cm³/mol. The molecule has 0 bridgehead atoms. The van der Waals surface area contributed by atoms with Gasteiger partial charge in [-0.3, -0.25) is 0 Å². The minimum absolute atomic E-state index is 0.0130. The van der Waals surface area contributed by atoms with Crippen LogP contribution in [-0.4, -0.2) is 19.1 Å². The molecule has 0 saturated carbocycles. The highest BCUT2D eigenvalue weighted by Gasteiger charge is 2.31. The van der Waals surface area contributed by atoms with Crippen molar-refractivity contribution in [1.29, 1.82) is 5.26 Å². The van der Waals surface area contributed by atoms with Gasteiger partial charge in [-0.2, -0.15) is 5.26 Å². The van der Waals surface area contributed by atoms with Crippen LogP contribution in [0.1, 0.15) is 25.0 Å². The zero-order chi connectivity index (χ0) is 20.4. The Labute approximate surface area is 169 Å². The third kappa shape index (κ3) is 3.30. The number of cyclic esters (lactones) is 1. The maximum atomic E-state index is 12.2. The van der Waals surface area contributed by atoms with E-state index in [1.54, 1.807) is 12.3 Å². The molecule has 2 heterocycles. The van der Waals surface area contributed by atoms with Gasteiger partial charge in [-0.05, 0) is 37.6 Å². The van der Waals surface area contributed by atoms with Crippen molar-refractivity contribution >= 4 is 34.3 Å². The van der Waals surface area contributed by atoms with Crippen LogP contribution >= 0.6 is 0 Å². The van der Waals surface area contributed by atoms with E-state index in [1.807, 2.05) is 48.5 Å². The monoisotopic (exact) mass is 384 g/mol. The van der Waals surface area contributed by atoms with E-state index in [0.29, 0.717) is 11.3 Å². The largest absolute Gasteiger partial charge is 0.464 e. The molecule has 0 amide bonds. The van der Waals surface area contributed by atoms with Crippen molar-refractivity contribution in [2.45, 2.75) is 13.8 Å². The minimum atomic E-state index is -0.630. The van der Waals surface area contributed by atoms with E-state index in [4.69, 9.17) is 9.15 Å². The SMILES string of the molecule is CCN(CC)c1ccc2c(C=C3OC(=O)C(C#N)=C3c3ccccc3)coc2c1. The molecular formula is C24H20N2O3. The predicted octanol–water partition coefficient (Wildman–Crippen LogP) is 5.15. The smallest absolute Gasteiger partial charge is 0.355 e. The van der Waals surface area contributed by atoms with Crippen LogP contribution in [0.2, 0.25) is 0 Å². The molecule has 1 aromatic heterocycles. The van der Waals surface area contributed by atoms with Gasteiger partial charge in [0.05, 0.1) is 6.26 Å². The second-order valence-corrected chi connectivity index (χ2v) is 6.67. The van der Waals surface area contributed by atoms with Gasteiger partial charge in [0.25, 0.3) is 0 Å². The van der Waals surface area contributed by atoms with E-state index in [1.165, 1.54) is 0 Å². The molecule has 5 heteroatoms. The lowest BCUT2D eigenvalue weighted by atomic mass is 9.99. The Morgan fingerprint density at radius 3 is 2.55 bits per heavy atom. The summed E-state index contributed by atoms with van der Waals surface area (Å²) in [5, 5.41) is 10.4. The second-order valence-electron chi connectivity index (χ2n) is 6.67. The maximum Gasteiger partial charge on any atom is 0.355 e. The van der Waals surface area contributed by atoms with Crippen LogP contribution in [0.5, 0.6) is 0 Å². The number of esters is 1. The van der Waals surface area contributed by atoms with E-state index >= 15 is 0 Å². The van der Waals surface area contributed by atoms with Crippen LogP contribution in [0.15, 0.2) is 70.5 Å². The molecular weight excluding hydrogens is 364 g/mol. The Morgan fingerprint density at radius 2 is 1.86 bits per heavy atom. The van der Waals surface area contributed by atoms with E-state index < -0.39 is 5.97 Å². The first kappa shape index (κ1) is 18.6. The number of furan rings is 1. The number of carbonyl (C=O) groups excluding carboxylic acids is 1. The van der Waals surface area contributed by atoms with Crippen molar-refractivity contribution in [2.75, 3.05) is 18.0 Å². The molecule has 1 aliphatic heterocycles. The highest BCUT2D eigenvalue weighted by molar-refractivity contribution is 6.11. The van der Waals surface area contributed by atoms with Gasteiger partial charge >= 0.3 is 5.97 Å². The average molecular weight is 384 g/mol. The van der Waals surface area contributed by atoms with Crippen LogP contribution in [0.3, 0.4) is 0 Å². The highest BCUT2D eigenvalue weighted by atomic mass is 16.5. The summed E-state index contributed by atoms with van der Waals surface area (Å²) in [6.07, 6.45) is 3.40. The summed E-state index contributed by atoms with van der Waals surface area (Å²) in [5.74, 6) is -0.275. The fraction of sp³-hybridized carbons (Fsp3) is 0.167. The number of benzene rings is 2. The topological polar surface area (TPSA) is 66.5 Å². The highest BCUT2D eigenvalue weighted by Crippen LogP contribution is 2.37. The van der Waals surface area contributed by atoms with Crippen molar-refractivity contribution < 1.29 is 13.9 Å². The van der Waals surface area contributed by atoms with E-state index in [2.05, 4.69) is 24.8 Å². The zero-order valence-electron chi connectivity index (χ0n) is 16.3. The molecule has 0 atom stereocenters. The summed E-state index contributed by atoms with van der Waals surface area (Å²) in [4.78, 5) is 14.4. The number of nitrogens with zero attached hydrogens (tertiary/aromatic N) is 2. The lowest BCUT2D eigenvalue weighted by molar-refractivity contribution is -0.132. The van der Waals surface area contributed by atoms with Crippen LogP contribution in [0.25, 0.3) is 22.6 Å². The van der Waals surface area contributed by atoms with Gasteiger partial charge in [-0.1, -0.05) is 30.3 Å². The molecule has 0 radical (unpaired) electrons. The van der Waals surface area contributed by atoms with E-state index in [0.717, 1.165) is 40.9 Å². The summed E-state index contributed by atoms with van der Waals surface area (Å²) in [6.45, 7) is 6.06. The van der Waals surface area contributed by atoms with E-state index in [9.17, 15) is 10.1 Å². The fourth-order valence-corrected chi connectivity index (χ4v) is 3.60. The number of hydrogen-bond acceptors (Lipinski definition) is 5. The van der Waals surface area contributed by atoms with Crippen molar-refractivity contribution in [2.24, 2.45) is 0 Å². The van der Waals surface area contributed by atoms with Crippen LogP contribution < -0.4 is 4.90 Å². The first-order chi connectivity index (χ1) is 14.2. The fourth-order valence-electron chi connectivity index (χ4n) is 3.60. The maximum absolute atomic E-state index is 12.2. The normalized spacial score (nSPS) is 15.1. The Morgan fingerprint density at radius 1 is 1.10 bits per heavy atom. The van der Waals surface area contributed by atoms with Crippen LogP contribution in [-0.2, 0) is 9.53 Å². The molecule has 0 spiro atoms. The van der Waals surface area contributed by atoms with Gasteiger partial charge in [0.2, 0.25) is 0 Å². The van der Waals surface area contributed by atoms with Gasteiger partial charge in [-0.25, -0.2) is 4.79 Å². The standard InChI is InChI=1S/C24H20N2O3/c1-3-26(4-2)18-10-11-19-17(15-28-21(19)13-18)12-22-23(16-8-6-5-7-9-16)20(14-25)24(27)29-22/h5-13,15H,3-4H2,1-2H3. The quantitative estimate of drug-likeness (QED) is 0.569. The van der Waals surface area contributed by atoms with Crippen molar-refractivity contribution in [3.63, 3.8) is 0 Å². The van der Waals surface area contributed by atoms with Gasteiger partial charge in [0.15, 0.2) is 0 Å². The molecule has 3 aromatic rings. The summed E-state index contributed by atoms with van der Waals surface area (Å²) < 4.78 is 11.2. The molecule has 0 saturated heterocycles. The van der Waals surface area contributed by atoms with Gasteiger partial charge in [0.1, 0.15) is 23.0 Å². The minimum Gasteiger partial charge on any atom is -0.464 e. The van der Waals surface area contributed by atoms with Crippen LogP contribution in [0.4, 0.5) is 5.69 Å². The number of fused-ring (bicyclic) bond motifs is 1. The Kier molecular flexibility index (Phi) is 4.92. The molecule has 0 unspecified atom stereocenters. The first-order valence-electron chi connectivity index (χ1n) is 9.56. The lowest BCUT2D eigenvalue weighted by Crippen LogP contribution is -2.21. The molecule has 0 aliphatic carbocycles. The van der Waals surface area contributed by atoms with Crippen molar-refractivity contribution in [1.82, 2.24) is 0 Å². The molecule has 4 rings (SSSR count). The molecule has 5 nitrogen and oxygen atoms in total. The van der Waals surface area contributed by atoms with Crippen LogP contribution in [0, 0.1) is 11.3 Å². The molecule has 144 valence electrons. The van der Waals surface area contributed by atoms with Crippen molar-refractivity contribution in [3.8, 4) is 6.07 Å². The lowest BCUT2D eigenvalue weighted by Gasteiger charge is -2.20. The third-order valence-electron chi connectivity index (χ3n) is 5.08. The zero-order valence-corrected chi connectivity index (χ0v) is 16.3. The van der Waals surface area contributed by atoms with Gasteiger partial charge in [0, 0.05) is 41.4 Å². The number of carbonyl (C=O) groups is 1. The third-order valence-corrected chi connectivity index (χ3v) is 5.08. The van der Waals surface area contributed by atoms with Crippen molar-refractivity contribution in [3.05, 3.63) is 77.3 Å². The Bertz CT molecular complexity index is 1180. The Balaban J connectivity index is 1.79. The molecule has 0 fully saturated rings. The molecule has 1 aliphatic rings. The summed E-state index contributed by atoms with van der Waals surface area (Å²) in [7, 11) is 0. The molecule has 29 heavy (non-hydrogen) atoms. The number of ether oxygens (including phenoxy) is 1. The average Bonchev–Trinajstić information content (AvgIpc) is 3.29. The number of nitriles is 1. The van der Waals surface area contributed by atoms with Gasteiger partial charge < -0.3 is 14.1 Å². The Hall–Kier alpha value is -3.78. The summed E-state index contributed by atoms with van der Waals surface area (Å²) >= 11 is 0. The number of hydrogen-bond donors (Lipinski definition) is 0.